The first kappa shape index (κ1) is 7.60. The SMILES string of the molecule is CCCC1(C2CCCN2)CC1. The lowest BCUT2D eigenvalue weighted by Crippen LogP contribution is -2.31. The molecule has 1 aliphatic heterocycles. The highest BCUT2D eigenvalue weighted by atomic mass is 15.0. The lowest BCUT2D eigenvalue weighted by Gasteiger charge is -2.22. The Labute approximate surface area is 69.6 Å². The summed E-state index contributed by atoms with van der Waals surface area (Å²) >= 11 is 0. The lowest BCUT2D eigenvalue weighted by molar-refractivity contribution is 0.338. The molecule has 2 aliphatic rings. The van der Waals surface area contributed by atoms with E-state index in [0.717, 1.165) is 11.5 Å². The van der Waals surface area contributed by atoms with Gasteiger partial charge >= 0.3 is 0 Å². The Bertz CT molecular complexity index is 132. The van der Waals surface area contributed by atoms with Crippen LogP contribution in [0.25, 0.3) is 0 Å². The van der Waals surface area contributed by atoms with E-state index in [1.807, 2.05) is 0 Å². The molecule has 1 saturated heterocycles. The fourth-order valence-corrected chi connectivity index (χ4v) is 2.64. The maximum atomic E-state index is 3.64. The molecule has 1 aliphatic carbocycles. The molecule has 1 heterocycles. The van der Waals surface area contributed by atoms with Gasteiger partial charge < -0.3 is 5.32 Å². The van der Waals surface area contributed by atoms with Crippen molar-refractivity contribution in [3.8, 4) is 0 Å². The van der Waals surface area contributed by atoms with Crippen LogP contribution in [0, 0.1) is 5.41 Å². The third kappa shape index (κ3) is 1.31. The van der Waals surface area contributed by atoms with Gasteiger partial charge in [0.2, 0.25) is 0 Å². The molecule has 2 rings (SSSR count). The van der Waals surface area contributed by atoms with Crippen LogP contribution >= 0.6 is 0 Å². The van der Waals surface area contributed by atoms with Crippen LogP contribution in [0.3, 0.4) is 0 Å². The largest absolute Gasteiger partial charge is 0.313 e. The van der Waals surface area contributed by atoms with E-state index in [1.54, 1.807) is 0 Å². The molecule has 1 atom stereocenters. The van der Waals surface area contributed by atoms with Crippen LogP contribution in [0.2, 0.25) is 0 Å². The topological polar surface area (TPSA) is 12.0 Å². The summed E-state index contributed by atoms with van der Waals surface area (Å²) in [5.41, 5.74) is 0.769. The molecule has 0 amide bonds. The molecule has 1 saturated carbocycles. The zero-order chi connectivity index (χ0) is 7.73. The molecule has 0 spiro atoms. The average Bonchev–Trinajstić information content (AvgIpc) is 2.63. The first-order chi connectivity index (χ1) is 5.37. The monoisotopic (exact) mass is 153 g/mol. The van der Waals surface area contributed by atoms with Crippen LogP contribution in [0.5, 0.6) is 0 Å². The van der Waals surface area contributed by atoms with Gasteiger partial charge in [0.1, 0.15) is 0 Å². The van der Waals surface area contributed by atoms with Gasteiger partial charge in [-0.05, 0) is 44.1 Å². The first-order valence-corrected chi connectivity index (χ1v) is 5.11. The molecule has 1 nitrogen and oxygen atoms in total. The molecule has 0 aromatic heterocycles. The zero-order valence-corrected chi connectivity index (χ0v) is 7.53. The second-order valence-electron chi connectivity index (χ2n) is 4.26. The number of hydrogen-bond acceptors (Lipinski definition) is 1. The minimum Gasteiger partial charge on any atom is -0.313 e. The van der Waals surface area contributed by atoms with Crippen LogP contribution in [-0.2, 0) is 0 Å². The Hall–Kier alpha value is -0.0400. The van der Waals surface area contributed by atoms with Gasteiger partial charge in [-0.2, -0.15) is 0 Å². The standard InChI is InChI=1S/C10H19N/c1-2-5-10(6-7-10)9-4-3-8-11-9/h9,11H,2-8H2,1H3. The molecule has 0 aromatic rings. The van der Waals surface area contributed by atoms with Crippen molar-refractivity contribution in [1.29, 1.82) is 0 Å². The second kappa shape index (κ2) is 2.78. The summed E-state index contributed by atoms with van der Waals surface area (Å²) in [6.45, 7) is 3.59. The van der Waals surface area contributed by atoms with E-state index in [1.165, 1.54) is 45.1 Å². The van der Waals surface area contributed by atoms with Gasteiger partial charge in [0.05, 0.1) is 0 Å². The summed E-state index contributed by atoms with van der Waals surface area (Å²) in [5, 5.41) is 3.64. The summed E-state index contributed by atoms with van der Waals surface area (Å²) in [6, 6.07) is 0.891. The molecule has 1 unspecified atom stereocenters. The molecular formula is C10H19N. The van der Waals surface area contributed by atoms with Gasteiger partial charge in [0.15, 0.2) is 0 Å². The fourth-order valence-electron chi connectivity index (χ4n) is 2.64. The predicted molar refractivity (Wildman–Crippen MR) is 47.6 cm³/mol. The Morgan fingerprint density at radius 2 is 2.27 bits per heavy atom. The van der Waals surface area contributed by atoms with E-state index in [0.29, 0.717) is 0 Å². The van der Waals surface area contributed by atoms with Crippen molar-refractivity contribution in [1.82, 2.24) is 5.32 Å². The quantitative estimate of drug-likeness (QED) is 0.656. The predicted octanol–water partition coefficient (Wildman–Crippen LogP) is 2.32. The molecule has 2 fully saturated rings. The van der Waals surface area contributed by atoms with Crippen molar-refractivity contribution in [2.24, 2.45) is 5.41 Å². The van der Waals surface area contributed by atoms with Gasteiger partial charge in [0.25, 0.3) is 0 Å². The van der Waals surface area contributed by atoms with Crippen LogP contribution in [0.1, 0.15) is 45.4 Å². The van der Waals surface area contributed by atoms with Crippen LogP contribution in [0.4, 0.5) is 0 Å². The van der Waals surface area contributed by atoms with E-state index in [2.05, 4.69) is 12.2 Å². The zero-order valence-electron chi connectivity index (χ0n) is 7.53. The number of hydrogen-bond donors (Lipinski definition) is 1. The molecule has 11 heavy (non-hydrogen) atoms. The highest BCUT2D eigenvalue weighted by molar-refractivity contribution is 5.03. The third-order valence-electron chi connectivity index (χ3n) is 3.44. The van der Waals surface area contributed by atoms with Crippen molar-refractivity contribution >= 4 is 0 Å². The molecule has 0 aromatic carbocycles. The van der Waals surface area contributed by atoms with Crippen molar-refractivity contribution in [2.45, 2.75) is 51.5 Å². The molecular weight excluding hydrogens is 134 g/mol. The minimum absolute atomic E-state index is 0.769. The van der Waals surface area contributed by atoms with Gasteiger partial charge in [0, 0.05) is 6.04 Å². The van der Waals surface area contributed by atoms with Crippen molar-refractivity contribution in [3.63, 3.8) is 0 Å². The minimum atomic E-state index is 0.769. The number of rotatable bonds is 3. The summed E-state index contributed by atoms with van der Waals surface area (Å²) in [4.78, 5) is 0. The molecule has 1 heteroatoms. The van der Waals surface area contributed by atoms with Crippen molar-refractivity contribution in [2.75, 3.05) is 6.54 Å². The van der Waals surface area contributed by atoms with E-state index in [9.17, 15) is 0 Å². The Balaban J connectivity index is 1.91. The first-order valence-electron chi connectivity index (χ1n) is 5.11. The Morgan fingerprint density at radius 3 is 2.73 bits per heavy atom. The normalized spacial score (nSPS) is 34.1. The second-order valence-corrected chi connectivity index (χ2v) is 4.26. The van der Waals surface area contributed by atoms with Crippen LogP contribution < -0.4 is 5.32 Å². The maximum absolute atomic E-state index is 3.64. The number of nitrogens with one attached hydrogen (secondary N) is 1. The van der Waals surface area contributed by atoms with E-state index < -0.39 is 0 Å². The fraction of sp³-hybridized carbons (Fsp3) is 1.00. The van der Waals surface area contributed by atoms with Crippen LogP contribution in [0.15, 0.2) is 0 Å². The summed E-state index contributed by atoms with van der Waals surface area (Å²) in [7, 11) is 0. The summed E-state index contributed by atoms with van der Waals surface area (Å²) in [6.07, 6.45) is 8.69. The smallest absolute Gasteiger partial charge is 0.0124 e. The van der Waals surface area contributed by atoms with E-state index in [-0.39, 0.29) is 0 Å². The molecule has 1 N–H and O–H groups in total. The van der Waals surface area contributed by atoms with Gasteiger partial charge in [-0.1, -0.05) is 13.3 Å². The van der Waals surface area contributed by atoms with Gasteiger partial charge in [-0.15, -0.1) is 0 Å². The van der Waals surface area contributed by atoms with Gasteiger partial charge in [-0.25, -0.2) is 0 Å². The lowest BCUT2D eigenvalue weighted by atomic mass is 9.90. The summed E-state index contributed by atoms with van der Waals surface area (Å²) < 4.78 is 0. The van der Waals surface area contributed by atoms with Crippen molar-refractivity contribution in [3.05, 3.63) is 0 Å². The molecule has 0 bridgehead atoms. The Morgan fingerprint density at radius 1 is 1.45 bits per heavy atom. The highest BCUT2D eigenvalue weighted by Crippen LogP contribution is 2.54. The molecule has 64 valence electrons. The average molecular weight is 153 g/mol. The van der Waals surface area contributed by atoms with E-state index >= 15 is 0 Å². The van der Waals surface area contributed by atoms with Crippen LogP contribution in [-0.4, -0.2) is 12.6 Å². The Kier molecular flexibility index (Phi) is 1.92. The van der Waals surface area contributed by atoms with Crippen molar-refractivity contribution < 1.29 is 0 Å². The van der Waals surface area contributed by atoms with Gasteiger partial charge in [-0.3, -0.25) is 0 Å². The highest BCUT2D eigenvalue weighted by Gasteiger charge is 2.48. The van der Waals surface area contributed by atoms with E-state index in [4.69, 9.17) is 0 Å². The summed E-state index contributed by atoms with van der Waals surface area (Å²) in [5.74, 6) is 0. The third-order valence-corrected chi connectivity index (χ3v) is 3.44. The maximum Gasteiger partial charge on any atom is 0.0124 e. The molecule has 0 radical (unpaired) electrons.